The SMILES string of the molecule is CC(O)C(=O)NCCOCCNC(=O)C(C)O. The fraction of sp³-hybridized carbons (Fsp3) is 0.800. The molecule has 0 aromatic carbocycles. The number of rotatable bonds is 8. The zero-order chi connectivity index (χ0) is 13.3. The minimum atomic E-state index is -1.03. The Labute approximate surface area is 100 Å². The highest BCUT2D eigenvalue weighted by Gasteiger charge is 2.07. The van der Waals surface area contributed by atoms with E-state index in [1.807, 2.05) is 0 Å². The summed E-state index contributed by atoms with van der Waals surface area (Å²) >= 11 is 0. The first kappa shape index (κ1) is 15.8. The Bertz CT molecular complexity index is 219. The van der Waals surface area contributed by atoms with Crippen molar-refractivity contribution in [1.29, 1.82) is 0 Å². The van der Waals surface area contributed by atoms with Crippen LogP contribution in [0.3, 0.4) is 0 Å². The summed E-state index contributed by atoms with van der Waals surface area (Å²) in [5, 5.41) is 22.6. The van der Waals surface area contributed by atoms with Crippen LogP contribution in [0, 0.1) is 0 Å². The van der Waals surface area contributed by atoms with E-state index in [4.69, 9.17) is 14.9 Å². The Morgan fingerprint density at radius 1 is 1.00 bits per heavy atom. The maximum absolute atomic E-state index is 10.9. The molecular formula is C10H20N2O5. The summed E-state index contributed by atoms with van der Waals surface area (Å²) in [5.74, 6) is -0.896. The summed E-state index contributed by atoms with van der Waals surface area (Å²) in [6.45, 7) is 3.94. The normalized spacial score (nSPS) is 13.9. The molecule has 0 heterocycles. The van der Waals surface area contributed by atoms with Gasteiger partial charge in [0, 0.05) is 13.1 Å². The summed E-state index contributed by atoms with van der Waals surface area (Å²) in [7, 11) is 0. The second kappa shape index (κ2) is 8.91. The number of nitrogens with one attached hydrogen (secondary N) is 2. The van der Waals surface area contributed by atoms with Gasteiger partial charge in [-0.25, -0.2) is 0 Å². The predicted octanol–water partition coefficient (Wildman–Crippen LogP) is -2.00. The van der Waals surface area contributed by atoms with E-state index in [1.165, 1.54) is 13.8 Å². The Hall–Kier alpha value is -1.18. The van der Waals surface area contributed by atoms with E-state index in [0.717, 1.165) is 0 Å². The zero-order valence-electron chi connectivity index (χ0n) is 10.1. The van der Waals surface area contributed by atoms with Gasteiger partial charge in [-0.2, -0.15) is 0 Å². The smallest absolute Gasteiger partial charge is 0.248 e. The number of hydrogen-bond acceptors (Lipinski definition) is 5. The van der Waals surface area contributed by atoms with E-state index in [-0.39, 0.29) is 0 Å². The highest BCUT2D eigenvalue weighted by molar-refractivity contribution is 5.80. The quantitative estimate of drug-likeness (QED) is 0.371. The van der Waals surface area contributed by atoms with Gasteiger partial charge in [0.25, 0.3) is 0 Å². The Morgan fingerprint density at radius 3 is 1.65 bits per heavy atom. The molecule has 100 valence electrons. The molecule has 4 N–H and O–H groups in total. The average Bonchev–Trinajstić information content (AvgIpc) is 2.26. The summed E-state index contributed by atoms with van der Waals surface area (Å²) in [6.07, 6.45) is -2.05. The number of amides is 2. The average molecular weight is 248 g/mol. The Kier molecular flexibility index (Phi) is 8.29. The summed E-state index contributed by atoms with van der Waals surface area (Å²) in [4.78, 5) is 21.8. The van der Waals surface area contributed by atoms with Crippen molar-refractivity contribution in [3.05, 3.63) is 0 Å². The molecule has 0 spiro atoms. The molecule has 0 bridgehead atoms. The van der Waals surface area contributed by atoms with Gasteiger partial charge in [0.1, 0.15) is 12.2 Å². The number of aliphatic hydroxyl groups excluding tert-OH is 2. The van der Waals surface area contributed by atoms with Gasteiger partial charge < -0.3 is 25.6 Å². The molecule has 0 saturated carbocycles. The molecule has 0 fully saturated rings. The molecule has 2 unspecified atom stereocenters. The van der Waals surface area contributed by atoms with Crippen LogP contribution in [0.2, 0.25) is 0 Å². The molecule has 0 saturated heterocycles. The second-order valence-corrected chi connectivity index (χ2v) is 3.55. The van der Waals surface area contributed by atoms with Gasteiger partial charge in [0.05, 0.1) is 13.2 Å². The van der Waals surface area contributed by atoms with Crippen LogP contribution in [0.5, 0.6) is 0 Å². The van der Waals surface area contributed by atoms with E-state index < -0.39 is 24.0 Å². The summed E-state index contributed by atoms with van der Waals surface area (Å²) in [5.41, 5.74) is 0. The van der Waals surface area contributed by atoms with Crippen LogP contribution in [0.1, 0.15) is 13.8 Å². The first-order chi connectivity index (χ1) is 7.95. The lowest BCUT2D eigenvalue weighted by molar-refractivity contribution is -0.128. The third-order valence-electron chi connectivity index (χ3n) is 1.85. The first-order valence-electron chi connectivity index (χ1n) is 5.44. The van der Waals surface area contributed by atoms with Crippen LogP contribution >= 0.6 is 0 Å². The zero-order valence-corrected chi connectivity index (χ0v) is 10.1. The number of carbonyl (C=O) groups excluding carboxylic acids is 2. The second-order valence-electron chi connectivity index (χ2n) is 3.55. The van der Waals surface area contributed by atoms with Crippen LogP contribution in [-0.4, -0.2) is 60.5 Å². The molecule has 0 aliphatic heterocycles. The fourth-order valence-corrected chi connectivity index (χ4v) is 0.890. The maximum Gasteiger partial charge on any atom is 0.248 e. The first-order valence-corrected chi connectivity index (χ1v) is 5.44. The molecule has 0 aliphatic carbocycles. The molecule has 0 rings (SSSR count). The summed E-state index contributed by atoms with van der Waals surface area (Å²) < 4.78 is 5.10. The van der Waals surface area contributed by atoms with E-state index in [0.29, 0.717) is 26.3 Å². The van der Waals surface area contributed by atoms with Crippen molar-refractivity contribution in [1.82, 2.24) is 10.6 Å². The lowest BCUT2D eigenvalue weighted by Crippen LogP contribution is -2.36. The monoisotopic (exact) mass is 248 g/mol. The highest BCUT2D eigenvalue weighted by Crippen LogP contribution is 1.80. The molecule has 7 nitrogen and oxygen atoms in total. The van der Waals surface area contributed by atoms with Crippen LogP contribution in [0.15, 0.2) is 0 Å². The lowest BCUT2D eigenvalue weighted by atomic mass is 10.4. The van der Waals surface area contributed by atoms with Crippen molar-refractivity contribution in [3.63, 3.8) is 0 Å². The van der Waals surface area contributed by atoms with Crippen LogP contribution in [-0.2, 0) is 14.3 Å². The molecule has 0 aromatic rings. The molecular weight excluding hydrogens is 228 g/mol. The van der Waals surface area contributed by atoms with Gasteiger partial charge >= 0.3 is 0 Å². The number of hydrogen-bond donors (Lipinski definition) is 4. The van der Waals surface area contributed by atoms with Gasteiger partial charge in [0.15, 0.2) is 0 Å². The third kappa shape index (κ3) is 8.61. The van der Waals surface area contributed by atoms with Crippen molar-refractivity contribution in [3.8, 4) is 0 Å². The van der Waals surface area contributed by atoms with E-state index in [2.05, 4.69) is 10.6 Å². The van der Waals surface area contributed by atoms with Crippen molar-refractivity contribution >= 4 is 11.8 Å². The van der Waals surface area contributed by atoms with Crippen molar-refractivity contribution in [2.45, 2.75) is 26.1 Å². The minimum absolute atomic E-state index is 0.295. The van der Waals surface area contributed by atoms with Crippen LogP contribution in [0.4, 0.5) is 0 Å². The van der Waals surface area contributed by atoms with Gasteiger partial charge in [-0.1, -0.05) is 0 Å². The van der Waals surface area contributed by atoms with Gasteiger partial charge in [0.2, 0.25) is 11.8 Å². The van der Waals surface area contributed by atoms with Gasteiger partial charge in [-0.05, 0) is 13.8 Å². The number of ether oxygens (including phenoxy) is 1. The minimum Gasteiger partial charge on any atom is -0.384 e. The highest BCUT2D eigenvalue weighted by atomic mass is 16.5. The summed E-state index contributed by atoms with van der Waals surface area (Å²) in [6, 6.07) is 0. The molecule has 2 atom stereocenters. The van der Waals surface area contributed by atoms with Crippen LogP contribution in [0.25, 0.3) is 0 Å². The standard InChI is InChI=1S/C10H20N2O5/c1-7(13)9(15)11-3-5-17-6-4-12-10(16)8(2)14/h7-8,13-14H,3-6H2,1-2H3,(H,11,15)(H,12,16). The number of carbonyl (C=O) groups is 2. The Morgan fingerprint density at radius 2 is 1.35 bits per heavy atom. The van der Waals surface area contributed by atoms with E-state index >= 15 is 0 Å². The van der Waals surface area contributed by atoms with Crippen LogP contribution < -0.4 is 10.6 Å². The van der Waals surface area contributed by atoms with Crippen molar-refractivity contribution < 1.29 is 24.5 Å². The molecule has 0 radical (unpaired) electrons. The van der Waals surface area contributed by atoms with E-state index in [1.54, 1.807) is 0 Å². The molecule has 17 heavy (non-hydrogen) atoms. The molecule has 0 aliphatic rings. The van der Waals surface area contributed by atoms with Gasteiger partial charge in [-0.15, -0.1) is 0 Å². The topological polar surface area (TPSA) is 108 Å². The lowest BCUT2D eigenvalue weighted by Gasteiger charge is -2.09. The third-order valence-corrected chi connectivity index (χ3v) is 1.85. The van der Waals surface area contributed by atoms with Crippen molar-refractivity contribution in [2.75, 3.05) is 26.3 Å². The van der Waals surface area contributed by atoms with Gasteiger partial charge in [-0.3, -0.25) is 9.59 Å². The molecule has 2 amide bonds. The predicted molar refractivity (Wildman–Crippen MR) is 60.2 cm³/mol. The van der Waals surface area contributed by atoms with Crippen molar-refractivity contribution in [2.24, 2.45) is 0 Å². The largest absolute Gasteiger partial charge is 0.384 e. The Balaban J connectivity index is 3.30. The maximum atomic E-state index is 10.9. The van der Waals surface area contributed by atoms with E-state index in [9.17, 15) is 9.59 Å². The number of aliphatic hydroxyl groups is 2. The molecule has 7 heteroatoms. The molecule has 0 aromatic heterocycles. The fourth-order valence-electron chi connectivity index (χ4n) is 0.890.